The molecule has 0 bridgehead atoms. The quantitative estimate of drug-likeness (QED) is 0.775. The van der Waals surface area contributed by atoms with Crippen LogP contribution in [0.5, 0.6) is 5.75 Å². The fourth-order valence-electron chi connectivity index (χ4n) is 1.34. The largest absolute Gasteiger partial charge is 0.495 e. The van der Waals surface area contributed by atoms with E-state index >= 15 is 0 Å². The van der Waals surface area contributed by atoms with Gasteiger partial charge in [0.1, 0.15) is 12.3 Å². The Labute approximate surface area is 95.6 Å². The van der Waals surface area contributed by atoms with Crippen LogP contribution in [0.2, 0.25) is 0 Å². The van der Waals surface area contributed by atoms with Gasteiger partial charge in [0.2, 0.25) is 0 Å². The maximum Gasteiger partial charge on any atom is 0.325 e. The summed E-state index contributed by atoms with van der Waals surface area (Å²) in [6, 6.07) is 5.75. The first-order valence-corrected chi connectivity index (χ1v) is 5.21. The third kappa shape index (κ3) is 3.46. The van der Waals surface area contributed by atoms with Crippen LogP contribution in [0.4, 0.5) is 5.69 Å². The average Bonchev–Trinajstić information content (AvgIpc) is 2.27. The molecule has 0 unspecified atom stereocenters. The van der Waals surface area contributed by atoms with Crippen molar-refractivity contribution >= 4 is 11.7 Å². The number of hydrogen-bond donors (Lipinski definition) is 1. The molecule has 0 aliphatic carbocycles. The predicted molar refractivity (Wildman–Crippen MR) is 62.9 cm³/mol. The molecule has 0 saturated carbocycles. The van der Waals surface area contributed by atoms with Crippen LogP contribution in [0.3, 0.4) is 0 Å². The Morgan fingerprint density at radius 1 is 1.44 bits per heavy atom. The fourth-order valence-corrected chi connectivity index (χ4v) is 1.34. The summed E-state index contributed by atoms with van der Waals surface area (Å²) in [5.74, 6) is 0.445. The molecule has 1 aromatic carbocycles. The summed E-state index contributed by atoms with van der Waals surface area (Å²) < 4.78 is 10.0. The van der Waals surface area contributed by atoms with Crippen molar-refractivity contribution in [2.75, 3.05) is 25.6 Å². The molecule has 0 aliphatic rings. The molecule has 1 aromatic rings. The van der Waals surface area contributed by atoms with Crippen LogP contribution in [0.25, 0.3) is 0 Å². The second-order valence-electron chi connectivity index (χ2n) is 3.36. The van der Waals surface area contributed by atoms with Crippen LogP contribution in [0.1, 0.15) is 12.5 Å². The van der Waals surface area contributed by atoms with Crippen molar-refractivity contribution in [3.8, 4) is 5.75 Å². The van der Waals surface area contributed by atoms with Gasteiger partial charge in [-0.3, -0.25) is 4.79 Å². The van der Waals surface area contributed by atoms with Crippen molar-refractivity contribution < 1.29 is 14.3 Å². The van der Waals surface area contributed by atoms with Crippen LogP contribution in [0.15, 0.2) is 18.2 Å². The molecule has 0 fully saturated rings. The van der Waals surface area contributed by atoms with Gasteiger partial charge in [-0.05, 0) is 31.5 Å². The molecule has 0 saturated heterocycles. The SMILES string of the molecule is CCOC(=O)CNc1cc(C)ccc1OC. The van der Waals surface area contributed by atoms with Gasteiger partial charge in [0.05, 0.1) is 19.4 Å². The molecule has 1 N–H and O–H groups in total. The van der Waals surface area contributed by atoms with E-state index in [9.17, 15) is 4.79 Å². The van der Waals surface area contributed by atoms with Gasteiger partial charge in [-0.25, -0.2) is 0 Å². The van der Waals surface area contributed by atoms with Crippen molar-refractivity contribution in [2.24, 2.45) is 0 Å². The molecule has 0 radical (unpaired) electrons. The number of benzene rings is 1. The molecule has 0 aliphatic heterocycles. The number of carbonyl (C=O) groups is 1. The Morgan fingerprint density at radius 2 is 2.19 bits per heavy atom. The maximum absolute atomic E-state index is 11.2. The second-order valence-corrected chi connectivity index (χ2v) is 3.36. The van der Waals surface area contributed by atoms with Gasteiger partial charge in [0, 0.05) is 0 Å². The van der Waals surface area contributed by atoms with Gasteiger partial charge < -0.3 is 14.8 Å². The number of carbonyl (C=O) groups excluding carboxylic acids is 1. The Kier molecular flexibility index (Phi) is 4.64. The number of nitrogens with one attached hydrogen (secondary N) is 1. The lowest BCUT2D eigenvalue weighted by Crippen LogP contribution is -2.17. The van der Waals surface area contributed by atoms with Gasteiger partial charge in [0.25, 0.3) is 0 Å². The highest BCUT2D eigenvalue weighted by atomic mass is 16.5. The standard InChI is InChI=1S/C12H17NO3/c1-4-16-12(14)8-13-10-7-9(2)5-6-11(10)15-3/h5-7,13H,4,8H2,1-3H3. The van der Waals surface area contributed by atoms with E-state index in [1.165, 1.54) is 0 Å². The van der Waals surface area contributed by atoms with E-state index in [-0.39, 0.29) is 12.5 Å². The van der Waals surface area contributed by atoms with Gasteiger partial charge in [-0.1, -0.05) is 6.07 Å². The number of aryl methyl sites for hydroxylation is 1. The third-order valence-corrected chi connectivity index (χ3v) is 2.08. The number of esters is 1. The lowest BCUT2D eigenvalue weighted by molar-refractivity contribution is -0.140. The van der Waals surface area contributed by atoms with Crippen LogP contribution < -0.4 is 10.1 Å². The van der Waals surface area contributed by atoms with Crippen molar-refractivity contribution in [3.05, 3.63) is 23.8 Å². The van der Waals surface area contributed by atoms with Crippen molar-refractivity contribution in [2.45, 2.75) is 13.8 Å². The summed E-state index contributed by atoms with van der Waals surface area (Å²) in [4.78, 5) is 11.2. The molecule has 4 heteroatoms. The Hall–Kier alpha value is -1.71. The van der Waals surface area contributed by atoms with Gasteiger partial charge >= 0.3 is 5.97 Å². The second kappa shape index (κ2) is 6.00. The number of hydrogen-bond acceptors (Lipinski definition) is 4. The van der Waals surface area contributed by atoms with E-state index in [1.54, 1.807) is 14.0 Å². The number of anilines is 1. The summed E-state index contributed by atoms with van der Waals surface area (Å²) in [6.45, 7) is 4.30. The van der Waals surface area contributed by atoms with E-state index in [0.717, 1.165) is 17.0 Å². The van der Waals surface area contributed by atoms with E-state index in [0.29, 0.717) is 6.61 Å². The third-order valence-electron chi connectivity index (χ3n) is 2.08. The molecular formula is C12H17NO3. The highest BCUT2D eigenvalue weighted by molar-refractivity contribution is 5.76. The van der Waals surface area contributed by atoms with Crippen LogP contribution >= 0.6 is 0 Å². The van der Waals surface area contributed by atoms with E-state index in [4.69, 9.17) is 9.47 Å². The molecule has 0 amide bonds. The van der Waals surface area contributed by atoms with E-state index in [2.05, 4.69) is 5.32 Å². The van der Waals surface area contributed by atoms with Gasteiger partial charge in [0.15, 0.2) is 0 Å². The van der Waals surface area contributed by atoms with Crippen molar-refractivity contribution in [3.63, 3.8) is 0 Å². The summed E-state index contributed by atoms with van der Waals surface area (Å²) in [6.07, 6.45) is 0. The smallest absolute Gasteiger partial charge is 0.325 e. The van der Waals surface area contributed by atoms with Gasteiger partial charge in [-0.15, -0.1) is 0 Å². The highest BCUT2D eigenvalue weighted by Crippen LogP contribution is 2.24. The predicted octanol–water partition coefficient (Wildman–Crippen LogP) is 1.98. The van der Waals surface area contributed by atoms with Gasteiger partial charge in [-0.2, -0.15) is 0 Å². The fraction of sp³-hybridized carbons (Fsp3) is 0.417. The first kappa shape index (κ1) is 12.4. The molecule has 0 aromatic heterocycles. The molecule has 4 nitrogen and oxygen atoms in total. The molecule has 0 spiro atoms. The van der Waals surface area contributed by atoms with E-state index < -0.39 is 0 Å². The molecule has 16 heavy (non-hydrogen) atoms. The number of ether oxygens (including phenoxy) is 2. The first-order valence-electron chi connectivity index (χ1n) is 5.21. The summed E-state index contributed by atoms with van der Waals surface area (Å²) in [5, 5.41) is 2.99. The summed E-state index contributed by atoms with van der Waals surface area (Å²) in [7, 11) is 1.60. The highest BCUT2D eigenvalue weighted by Gasteiger charge is 2.05. The number of methoxy groups -OCH3 is 1. The van der Waals surface area contributed by atoms with E-state index in [1.807, 2.05) is 25.1 Å². The Bertz CT molecular complexity index is 363. The lowest BCUT2D eigenvalue weighted by atomic mass is 10.2. The zero-order valence-electron chi connectivity index (χ0n) is 9.87. The zero-order chi connectivity index (χ0) is 12.0. The van der Waals surface area contributed by atoms with Crippen LogP contribution in [0, 0.1) is 6.92 Å². The minimum absolute atomic E-state index is 0.146. The zero-order valence-corrected chi connectivity index (χ0v) is 9.87. The number of rotatable bonds is 5. The van der Waals surface area contributed by atoms with Crippen LogP contribution in [-0.2, 0) is 9.53 Å². The molecule has 88 valence electrons. The topological polar surface area (TPSA) is 47.6 Å². The normalized spacial score (nSPS) is 9.69. The van der Waals surface area contributed by atoms with Crippen LogP contribution in [-0.4, -0.2) is 26.2 Å². The van der Waals surface area contributed by atoms with Crippen molar-refractivity contribution in [1.82, 2.24) is 0 Å². The Balaban J connectivity index is 2.65. The van der Waals surface area contributed by atoms with Crippen molar-refractivity contribution in [1.29, 1.82) is 0 Å². The summed E-state index contributed by atoms with van der Waals surface area (Å²) >= 11 is 0. The molecule has 1 rings (SSSR count). The molecule has 0 atom stereocenters. The molecule has 0 heterocycles. The minimum atomic E-state index is -0.272. The summed E-state index contributed by atoms with van der Waals surface area (Å²) in [5.41, 5.74) is 1.91. The molecular weight excluding hydrogens is 206 g/mol. The monoisotopic (exact) mass is 223 g/mol. The maximum atomic E-state index is 11.2. The lowest BCUT2D eigenvalue weighted by Gasteiger charge is -2.11. The Morgan fingerprint density at radius 3 is 2.81 bits per heavy atom. The minimum Gasteiger partial charge on any atom is -0.495 e. The average molecular weight is 223 g/mol. The first-order chi connectivity index (χ1) is 7.67.